The molecule has 7 heteroatoms. The minimum Gasteiger partial charge on any atom is -0.396 e. The van der Waals surface area contributed by atoms with Gasteiger partial charge in [-0.15, -0.1) is 0 Å². The summed E-state index contributed by atoms with van der Waals surface area (Å²) in [6.45, 7) is 2.52. The molecule has 1 amide bonds. The third-order valence-corrected chi connectivity index (χ3v) is 6.79. The number of nitrogens with zero attached hydrogens (tertiary/aromatic N) is 4. The highest BCUT2D eigenvalue weighted by atomic mass is 16.3. The van der Waals surface area contributed by atoms with E-state index in [0.29, 0.717) is 23.6 Å². The molecule has 1 saturated carbocycles. The fourth-order valence-electron chi connectivity index (χ4n) is 5.22. The predicted octanol–water partition coefficient (Wildman–Crippen LogP) is 1.78. The summed E-state index contributed by atoms with van der Waals surface area (Å²) in [7, 11) is 0. The van der Waals surface area contributed by atoms with Crippen LogP contribution in [0, 0.1) is 18.3 Å². The van der Waals surface area contributed by atoms with E-state index in [0.717, 1.165) is 5.56 Å². The van der Waals surface area contributed by atoms with E-state index in [1.807, 2.05) is 55.5 Å². The highest BCUT2D eigenvalue weighted by Gasteiger charge is 2.71. The number of pyridine rings is 1. The quantitative estimate of drug-likeness (QED) is 0.692. The maximum Gasteiger partial charge on any atom is 0.257 e. The molecule has 3 heterocycles. The molecule has 2 aliphatic rings. The summed E-state index contributed by atoms with van der Waals surface area (Å²) in [6.07, 6.45) is 2.58. The number of aliphatic hydroxyl groups is 2. The molecule has 7 nitrogen and oxygen atoms in total. The van der Waals surface area contributed by atoms with Crippen LogP contribution in [0.5, 0.6) is 0 Å². The van der Waals surface area contributed by atoms with Crippen LogP contribution >= 0.6 is 0 Å². The predicted molar refractivity (Wildman–Crippen MR) is 110 cm³/mol. The zero-order chi connectivity index (χ0) is 20.9. The lowest BCUT2D eigenvalue weighted by Crippen LogP contribution is -2.30. The van der Waals surface area contributed by atoms with E-state index in [1.165, 1.54) is 0 Å². The maximum atomic E-state index is 13.3. The summed E-state index contributed by atoms with van der Waals surface area (Å²) in [4.78, 5) is 19.3. The Labute approximate surface area is 174 Å². The Morgan fingerprint density at radius 3 is 2.67 bits per heavy atom. The number of carbonyl (C=O) groups excluding carboxylic acids is 1. The number of hydrogen-bond donors (Lipinski definition) is 2. The molecule has 154 valence electrons. The Morgan fingerprint density at radius 2 is 1.97 bits per heavy atom. The van der Waals surface area contributed by atoms with Crippen LogP contribution in [0.15, 0.2) is 60.9 Å². The summed E-state index contributed by atoms with van der Waals surface area (Å²) in [6, 6.07) is 15.5. The van der Waals surface area contributed by atoms with E-state index in [-0.39, 0.29) is 30.9 Å². The second-order valence-corrected chi connectivity index (χ2v) is 8.23. The Morgan fingerprint density at radius 1 is 1.20 bits per heavy atom. The van der Waals surface area contributed by atoms with Gasteiger partial charge in [-0.2, -0.15) is 5.10 Å². The molecular formula is C23H24N4O3. The van der Waals surface area contributed by atoms with Crippen molar-refractivity contribution in [3.63, 3.8) is 0 Å². The van der Waals surface area contributed by atoms with Crippen LogP contribution in [0.3, 0.4) is 0 Å². The number of benzene rings is 1. The van der Waals surface area contributed by atoms with E-state index < -0.39 is 11.5 Å². The number of likely N-dealkylation sites (tertiary alicyclic amines) is 1. The zero-order valence-electron chi connectivity index (χ0n) is 16.7. The fraction of sp³-hybridized carbons (Fsp3) is 0.348. The molecule has 1 aromatic carbocycles. The Hall–Kier alpha value is -3.03. The van der Waals surface area contributed by atoms with Crippen molar-refractivity contribution < 1.29 is 15.0 Å². The van der Waals surface area contributed by atoms with Crippen molar-refractivity contribution in [2.45, 2.75) is 18.9 Å². The van der Waals surface area contributed by atoms with Gasteiger partial charge < -0.3 is 15.1 Å². The van der Waals surface area contributed by atoms with Gasteiger partial charge >= 0.3 is 0 Å². The van der Waals surface area contributed by atoms with Gasteiger partial charge in [0.2, 0.25) is 0 Å². The number of amides is 1. The molecule has 1 spiro atoms. The summed E-state index contributed by atoms with van der Waals surface area (Å²) in [5, 5.41) is 25.2. The molecule has 1 aliphatic carbocycles. The van der Waals surface area contributed by atoms with Gasteiger partial charge in [0.05, 0.1) is 23.6 Å². The minimum absolute atomic E-state index is 0.00467. The molecule has 1 saturated heterocycles. The molecule has 2 fully saturated rings. The van der Waals surface area contributed by atoms with E-state index in [1.54, 1.807) is 22.0 Å². The van der Waals surface area contributed by atoms with Gasteiger partial charge in [0.1, 0.15) is 0 Å². The van der Waals surface area contributed by atoms with E-state index in [4.69, 9.17) is 0 Å². The number of carbonyl (C=O) groups is 1. The first-order valence-corrected chi connectivity index (χ1v) is 10.2. The second-order valence-electron chi connectivity index (χ2n) is 8.23. The summed E-state index contributed by atoms with van der Waals surface area (Å²) in [5.74, 6) is 0.499. The summed E-state index contributed by atoms with van der Waals surface area (Å²) >= 11 is 0. The molecule has 0 radical (unpaired) electrons. The highest BCUT2D eigenvalue weighted by molar-refractivity contribution is 5.95. The Bertz CT molecular complexity index is 1070. The standard InChI is InChI=1S/C23H24N4O3/c1-15-17(11-25-27(15)20-9-5-6-10-24-20)22(30)26-12-19(29)23(14-26)18(13-28)21(23)16-7-3-2-4-8-16/h2-11,18-19,21,28-29H,12-14H2,1H3/t18-,19-,21-,23-/m1/s1. The van der Waals surface area contributed by atoms with Crippen LogP contribution in [0.25, 0.3) is 5.82 Å². The van der Waals surface area contributed by atoms with Crippen molar-refractivity contribution in [1.29, 1.82) is 0 Å². The van der Waals surface area contributed by atoms with Crippen molar-refractivity contribution in [3.8, 4) is 5.82 Å². The molecule has 30 heavy (non-hydrogen) atoms. The van der Waals surface area contributed by atoms with Crippen LogP contribution < -0.4 is 0 Å². The first-order chi connectivity index (χ1) is 14.6. The van der Waals surface area contributed by atoms with Crippen molar-refractivity contribution in [2.24, 2.45) is 11.3 Å². The smallest absolute Gasteiger partial charge is 0.257 e. The topological polar surface area (TPSA) is 91.5 Å². The lowest BCUT2D eigenvalue weighted by Gasteiger charge is -2.16. The van der Waals surface area contributed by atoms with Gasteiger partial charge in [0, 0.05) is 31.3 Å². The van der Waals surface area contributed by atoms with Gasteiger partial charge in [-0.3, -0.25) is 4.79 Å². The van der Waals surface area contributed by atoms with Crippen molar-refractivity contribution in [2.75, 3.05) is 19.7 Å². The monoisotopic (exact) mass is 404 g/mol. The van der Waals surface area contributed by atoms with Crippen molar-refractivity contribution in [3.05, 3.63) is 77.7 Å². The first kappa shape index (κ1) is 19.0. The Kier molecular flexibility index (Phi) is 4.45. The summed E-state index contributed by atoms with van der Waals surface area (Å²) in [5.41, 5.74) is 1.83. The van der Waals surface area contributed by atoms with Crippen molar-refractivity contribution >= 4 is 5.91 Å². The highest BCUT2D eigenvalue weighted by Crippen LogP contribution is 2.68. The number of aromatic nitrogens is 3. The molecule has 4 atom stereocenters. The van der Waals surface area contributed by atoms with Crippen LogP contribution in [-0.2, 0) is 0 Å². The normalized spacial score (nSPS) is 27.6. The van der Waals surface area contributed by atoms with E-state index >= 15 is 0 Å². The fourth-order valence-corrected chi connectivity index (χ4v) is 5.22. The third kappa shape index (κ3) is 2.69. The summed E-state index contributed by atoms with van der Waals surface area (Å²) < 4.78 is 1.65. The van der Waals surface area contributed by atoms with E-state index in [2.05, 4.69) is 10.1 Å². The van der Waals surface area contributed by atoms with Gasteiger partial charge in [0.15, 0.2) is 5.82 Å². The van der Waals surface area contributed by atoms with Crippen LogP contribution in [-0.4, -0.2) is 61.6 Å². The average Bonchev–Trinajstić information content (AvgIpc) is 3.07. The van der Waals surface area contributed by atoms with Crippen LogP contribution in [0.1, 0.15) is 27.5 Å². The maximum absolute atomic E-state index is 13.3. The van der Waals surface area contributed by atoms with E-state index in [9.17, 15) is 15.0 Å². The minimum atomic E-state index is -0.671. The first-order valence-electron chi connectivity index (χ1n) is 10.2. The average molecular weight is 404 g/mol. The molecule has 3 aromatic rings. The molecule has 0 unspecified atom stereocenters. The molecule has 1 aliphatic heterocycles. The second kappa shape index (κ2) is 7.04. The third-order valence-electron chi connectivity index (χ3n) is 6.79. The lowest BCUT2D eigenvalue weighted by molar-refractivity contribution is 0.0763. The van der Waals surface area contributed by atoms with Gasteiger partial charge in [-0.25, -0.2) is 9.67 Å². The molecule has 2 aromatic heterocycles. The largest absolute Gasteiger partial charge is 0.396 e. The molecular weight excluding hydrogens is 380 g/mol. The Balaban J connectivity index is 1.41. The number of hydrogen-bond acceptors (Lipinski definition) is 5. The van der Waals surface area contributed by atoms with Gasteiger partial charge in [-0.1, -0.05) is 36.4 Å². The molecule has 2 N–H and O–H groups in total. The SMILES string of the molecule is Cc1c(C(=O)N2C[C@@H](O)[C@@]3(C2)[C@H](CO)[C@H]3c2ccccc2)cnn1-c1ccccn1. The molecule has 0 bridgehead atoms. The van der Waals surface area contributed by atoms with Gasteiger partial charge in [0.25, 0.3) is 5.91 Å². The number of β-amino-alcohol motifs (C(OH)–C–C–N with tert-alkyl or cyclic N) is 1. The zero-order valence-corrected chi connectivity index (χ0v) is 16.7. The van der Waals surface area contributed by atoms with Gasteiger partial charge in [-0.05, 0) is 36.5 Å². The van der Waals surface area contributed by atoms with Crippen LogP contribution in [0.4, 0.5) is 0 Å². The van der Waals surface area contributed by atoms with Crippen LogP contribution in [0.2, 0.25) is 0 Å². The molecule has 5 rings (SSSR count). The lowest BCUT2D eigenvalue weighted by atomic mass is 9.95. The number of aliphatic hydroxyl groups excluding tert-OH is 2. The number of rotatable bonds is 4. The van der Waals surface area contributed by atoms with Crippen molar-refractivity contribution in [1.82, 2.24) is 19.7 Å².